The van der Waals surface area contributed by atoms with E-state index in [4.69, 9.17) is 5.73 Å². The van der Waals surface area contributed by atoms with Gasteiger partial charge in [-0.15, -0.1) is 0 Å². The fraction of sp³-hybridized carbons (Fsp3) is 0.357. The molecule has 0 unspecified atom stereocenters. The minimum absolute atomic E-state index is 0.0701. The molecule has 0 saturated carbocycles. The monoisotopic (exact) mass is 306 g/mol. The summed E-state index contributed by atoms with van der Waals surface area (Å²) in [5.74, 6) is 0.513. The normalized spacial score (nSPS) is 17.9. The van der Waals surface area contributed by atoms with E-state index in [9.17, 15) is 8.42 Å². The summed E-state index contributed by atoms with van der Waals surface area (Å²) < 4.78 is 26.5. The number of nitrogens with two attached hydrogens (primary N) is 1. The third-order valence-electron chi connectivity index (χ3n) is 3.97. The standard InChI is InChI=1S/C14H18N4O2S/c15-14-13(10-16-17-14)21(19,20)18-8-6-12(7-9-18)11-4-2-1-3-5-11/h1-5,10,12H,6-9H2,(H3,15,16,17). The molecule has 2 heterocycles. The molecule has 1 fully saturated rings. The van der Waals surface area contributed by atoms with Crippen LogP contribution in [0.1, 0.15) is 24.3 Å². The summed E-state index contributed by atoms with van der Waals surface area (Å²) in [7, 11) is -3.54. The molecule has 21 heavy (non-hydrogen) atoms. The van der Waals surface area contributed by atoms with Crippen molar-refractivity contribution in [2.24, 2.45) is 0 Å². The van der Waals surface area contributed by atoms with Gasteiger partial charge in [-0.2, -0.15) is 9.40 Å². The molecule has 3 N–H and O–H groups in total. The quantitative estimate of drug-likeness (QED) is 0.900. The van der Waals surface area contributed by atoms with Gasteiger partial charge in [-0.05, 0) is 24.3 Å². The Hall–Kier alpha value is -1.86. The maximum absolute atomic E-state index is 12.5. The van der Waals surface area contributed by atoms with Crippen molar-refractivity contribution in [1.82, 2.24) is 14.5 Å². The first kappa shape index (κ1) is 14.1. The SMILES string of the molecule is Nc1[nH]ncc1S(=O)(=O)N1CCC(c2ccccc2)CC1. The molecule has 0 aliphatic carbocycles. The number of nitrogens with one attached hydrogen (secondary N) is 1. The number of sulfonamides is 1. The molecular weight excluding hydrogens is 288 g/mol. The van der Waals surface area contributed by atoms with Gasteiger partial charge >= 0.3 is 0 Å². The summed E-state index contributed by atoms with van der Waals surface area (Å²) in [6, 6.07) is 10.2. The Morgan fingerprint density at radius 3 is 2.43 bits per heavy atom. The molecule has 1 aliphatic heterocycles. The van der Waals surface area contributed by atoms with E-state index in [0.29, 0.717) is 19.0 Å². The van der Waals surface area contributed by atoms with Crippen LogP contribution in [0.3, 0.4) is 0 Å². The fourth-order valence-corrected chi connectivity index (χ4v) is 4.26. The van der Waals surface area contributed by atoms with Gasteiger partial charge in [0.2, 0.25) is 10.0 Å². The summed E-state index contributed by atoms with van der Waals surface area (Å²) in [5, 5.41) is 6.16. The van der Waals surface area contributed by atoms with E-state index in [0.717, 1.165) is 12.8 Å². The maximum Gasteiger partial charge on any atom is 0.248 e. The number of H-pyrrole nitrogens is 1. The number of piperidine rings is 1. The maximum atomic E-state index is 12.5. The molecule has 3 rings (SSSR count). The molecule has 0 bridgehead atoms. The van der Waals surface area contributed by atoms with Gasteiger partial charge in [-0.3, -0.25) is 5.10 Å². The summed E-state index contributed by atoms with van der Waals surface area (Å²) in [6.07, 6.45) is 2.91. The third kappa shape index (κ3) is 2.66. The molecular formula is C14H18N4O2S. The minimum atomic E-state index is -3.54. The predicted octanol–water partition coefficient (Wildman–Crippen LogP) is 1.56. The van der Waals surface area contributed by atoms with E-state index < -0.39 is 10.0 Å². The number of nitrogens with zero attached hydrogens (tertiary/aromatic N) is 2. The van der Waals surface area contributed by atoms with Crippen LogP contribution in [0.4, 0.5) is 5.82 Å². The Balaban J connectivity index is 1.73. The molecule has 1 saturated heterocycles. The predicted molar refractivity (Wildman–Crippen MR) is 80.2 cm³/mol. The number of hydrogen-bond donors (Lipinski definition) is 2. The number of anilines is 1. The molecule has 1 aromatic carbocycles. The Morgan fingerprint density at radius 2 is 1.86 bits per heavy atom. The zero-order valence-electron chi connectivity index (χ0n) is 11.6. The average molecular weight is 306 g/mol. The lowest BCUT2D eigenvalue weighted by Gasteiger charge is -2.31. The topological polar surface area (TPSA) is 92.1 Å². The molecule has 7 heteroatoms. The largest absolute Gasteiger partial charge is 0.383 e. The van der Waals surface area contributed by atoms with E-state index in [1.165, 1.54) is 16.1 Å². The van der Waals surface area contributed by atoms with Crippen molar-refractivity contribution in [3.05, 3.63) is 42.1 Å². The van der Waals surface area contributed by atoms with Gasteiger partial charge in [0.05, 0.1) is 6.20 Å². The van der Waals surface area contributed by atoms with Crippen LogP contribution in [0.2, 0.25) is 0 Å². The molecule has 112 valence electrons. The molecule has 1 aliphatic rings. The average Bonchev–Trinajstić information content (AvgIpc) is 2.95. The summed E-state index contributed by atoms with van der Waals surface area (Å²) in [4.78, 5) is 0.0701. The van der Waals surface area contributed by atoms with Crippen LogP contribution in [-0.4, -0.2) is 36.0 Å². The van der Waals surface area contributed by atoms with Gasteiger partial charge in [0.25, 0.3) is 0 Å². The Bertz CT molecular complexity index is 704. The van der Waals surface area contributed by atoms with Gasteiger partial charge in [0.1, 0.15) is 10.7 Å². The van der Waals surface area contributed by atoms with Crippen molar-refractivity contribution in [3.8, 4) is 0 Å². The number of rotatable bonds is 3. The Morgan fingerprint density at radius 1 is 1.19 bits per heavy atom. The number of benzene rings is 1. The molecule has 0 atom stereocenters. The smallest absolute Gasteiger partial charge is 0.248 e. The van der Waals surface area contributed by atoms with E-state index in [1.54, 1.807) is 0 Å². The first-order valence-corrected chi connectivity index (χ1v) is 8.37. The second-order valence-corrected chi connectivity index (χ2v) is 7.14. The molecule has 2 aromatic rings. The highest BCUT2D eigenvalue weighted by atomic mass is 32.2. The lowest BCUT2D eigenvalue weighted by Crippen LogP contribution is -2.38. The van der Waals surface area contributed by atoms with Crippen molar-refractivity contribution >= 4 is 15.8 Å². The van der Waals surface area contributed by atoms with Crippen molar-refractivity contribution in [3.63, 3.8) is 0 Å². The zero-order chi connectivity index (χ0) is 14.9. The first-order chi connectivity index (χ1) is 10.1. The molecule has 0 radical (unpaired) electrons. The Kier molecular flexibility index (Phi) is 3.69. The van der Waals surface area contributed by atoms with E-state index >= 15 is 0 Å². The van der Waals surface area contributed by atoms with Crippen molar-refractivity contribution in [2.45, 2.75) is 23.7 Å². The van der Waals surface area contributed by atoms with Gasteiger partial charge in [0.15, 0.2) is 0 Å². The third-order valence-corrected chi connectivity index (χ3v) is 5.90. The van der Waals surface area contributed by atoms with E-state index in [1.807, 2.05) is 18.2 Å². The molecule has 0 spiro atoms. The molecule has 0 amide bonds. The lowest BCUT2D eigenvalue weighted by atomic mass is 9.90. The summed E-state index contributed by atoms with van der Waals surface area (Å²) >= 11 is 0. The first-order valence-electron chi connectivity index (χ1n) is 6.93. The van der Waals surface area contributed by atoms with Crippen LogP contribution in [0.15, 0.2) is 41.4 Å². The van der Waals surface area contributed by atoms with Crippen LogP contribution in [0.25, 0.3) is 0 Å². The highest BCUT2D eigenvalue weighted by Crippen LogP contribution is 2.31. The highest BCUT2D eigenvalue weighted by Gasteiger charge is 2.31. The van der Waals surface area contributed by atoms with Gasteiger partial charge in [0, 0.05) is 13.1 Å². The van der Waals surface area contributed by atoms with Gasteiger partial charge in [-0.25, -0.2) is 8.42 Å². The minimum Gasteiger partial charge on any atom is -0.383 e. The summed E-state index contributed by atoms with van der Waals surface area (Å²) in [6.45, 7) is 1.01. The number of nitrogen functional groups attached to an aromatic ring is 1. The number of hydrogen-bond acceptors (Lipinski definition) is 4. The lowest BCUT2D eigenvalue weighted by molar-refractivity contribution is 0.319. The van der Waals surface area contributed by atoms with Crippen LogP contribution in [-0.2, 0) is 10.0 Å². The van der Waals surface area contributed by atoms with Crippen LogP contribution >= 0.6 is 0 Å². The second kappa shape index (κ2) is 5.50. The van der Waals surface area contributed by atoms with E-state index in [-0.39, 0.29) is 10.7 Å². The highest BCUT2D eigenvalue weighted by molar-refractivity contribution is 7.89. The van der Waals surface area contributed by atoms with Gasteiger partial charge < -0.3 is 5.73 Å². The van der Waals surface area contributed by atoms with Crippen LogP contribution in [0.5, 0.6) is 0 Å². The number of aromatic amines is 1. The van der Waals surface area contributed by atoms with E-state index in [2.05, 4.69) is 22.3 Å². The van der Waals surface area contributed by atoms with Crippen molar-refractivity contribution in [2.75, 3.05) is 18.8 Å². The van der Waals surface area contributed by atoms with Crippen molar-refractivity contribution in [1.29, 1.82) is 0 Å². The van der Waals surface area contributed by atoms with Gasteiger partial charge in [-0.1, -0.05) is 30.3 Å². The summed E-state index contributed by atoms with van der Waals surface area (Å²) in [5.41, 5.74) is 6.90. The molecule has 6 nitrogen and oxygen atoms in total. The van der Waals surface area contributed by atoms with Crippen LogP contribution < -0.4 is 5.73 Å². The second-order valence-electron chi connectivity index (χ2n) is 5.24. The zero-order valence-corrected chi connectivity index (χ0v) is 12.4. The molecule has 1 aromatic heterocycles. The van der Waals surface area contributed by atoms with Crippen LogP contribution in [0, 0.1) is 0 Å². The fourth-order valence-electron chi connectivity index (χ4n) is 2.78. The number of aromatic nitrogens is 2. The van der Waals surface area contributed by atoms with Crippen molar-refractivity contribution < 1.29 is 8.42 Å². The Labute approximate surface area is 124 Å².